The molecule has 0 saturated carbocycles. The van der Waals surface area contributed by atoms with Gasteiger partial charge in [-0.15, -0.1) is 0 Å². The zero-order valence-corrected chi connectivity index (χ0v) is 13.4. The van der Waals surface area contributed by atoms with Crippen LogP contribution in [0, 0.1) is 6.92 Å². The van der Waals surface area contributed by atoms with Gasteiger partial charge in [-0.2, -0.15) is 0 Å². The van der Waals surface area contributed by atoms with Gasteiger partial charge in [0.05, 0.1) is 0 Å². The molecule has 0 aliphatic rings. The topological polar surface area (TPSA) is 12.0 Å². The average molecular weight is 339 g/mol. The van der Waals surface area contributed by atoms with Crippen molar-refractivity contribution in [2.24, 2.45) is 0 Å². The number of hydrogen-bond acceptors (Lipinski definition) is 1. The molecule has 1 N–H and O–H groups in total. The van der Waals surface area contributed by atoms with Crippen molar-refractivity contribution in [1.29, 1.82) is 0 Å². The van der Waals surface area contributed by atoms with Crippen molar-refractivity contribution in [2.45, 2.75) is 26.4 Å². The molecule has 19 heavy (non-hydrogen) atoms. The fourth-order valence-corrected chi connectivity index (χ4v) is 2.35. The van der Waals surface area contributed by atoms with E-state index in [9.17, 15) is 0 Å². The van der Waals surface area contributed by atoms with Crippen LogP contribution in [0.3, 0.4) is 0 Å². The standard InChI is InChI=1S/C16H17BrClN/c1-11-3-4-13(9-16(11)18)10-19-12(2)14-5-7-15(17)8-6-14/h3-9,12,19H,10H2,1-2H3. The van der Waals surface area contributed by atoms with Crippen LogP contribution in [0.5, 0.6) is 0 Å². The highest BCUT2D eigenvalue weighted by molar-refractivity contribution is 9.10. The monoisotopic (exact) mass is 337 g/mol. The first-order valence-electron chi connectivity index (χ1n) is 6.30. The lowest BCUT2D eigenvalue weighted by atomic mass is 10.1. The number of hydrogen-bond donors (Lipinski definition) is 1. The lowest BCUT2D eigenvalue weighted by Crippen LogP contribution is -2.18. The minimum Gasteiger partial charge on any atom is -0.306 e. The van der Waals surface area contributed by atoms with Crippen LogP contribution in [0.4, 0.5) is 0 Å². The summed E-state index contributed by atoms with van der Waals surface area (Å²) in [6.45, 7) is 5.00. The first-order valence-corrected chi connectivity index (χ1v) is 7.47. The van der Waals surface area contributed by atoms with Crippen molar-refractivity contribution in [3.8, 4) is 0 Å². The third-order valence-corrected chi connectivity index (χ3v) is 4.15. The lowest BCUT2D eigenvalue weighted by Gasteiger charge is -2.15. The Morgan fingerprint density at radius 3 is 2.47 bits per heavy atom. The smallest absolute Gasteiger partial charge is 0.0438 e. The van der Waals surface area contributed by atoms with E-state index in [-0.39, 0.29) is 0 Å². The summed E-state index contributed by atoms with van der Waals surface area (Å²) in [6, 6.07) is 14.9. The predicted molar refractivity (Wildman–Crippen MR) is 85.6 cm³/mol. The van der Waals surface area contributed by atoms with Crippen molar-refractivity contribution in [2.75, 3.05) is 0 Å². The molecule has 3 heteroatoms. The summed E-state index contributed by atoms with van der Waals surface area (Å²) in [5.41, 5.74) is 3.60. The van der Waals surface area contributed by atoms with Gasteiger partial charge in [0.25, 0.3) is 0 Å². The molecule has 0 aromatic heterocycles. The number of rotatable bonds is 4. The molecule has 0 saturated heterocycles. The van der Waals surface area contributed by atoms with Gasteiger partial charge in [0, 0.05) is 22.1 Å². The summed E-state index contributed by atoms with van der Waals surface area (Å²) < 4.78 is 1.11. The Morgan fingerprint density at radius 2 is 1.84 bits per heavy atom. The Balaban J connectivity index is 1.98. The van der Waals surface area contributed by atoms with Crippen LogP contribution in [0.15, 0.2) is 46.9 Å². The molecule has 0 bridgehead atoms. The summed E-state index contributed by atoms with van der Waals surface area (Å²) in [4.78, 5) is 0. The van der Waals surface area contributed by atoms with E-state index in [4.69, 9.17) is 11.6 Å². The van der Waals surface area contributed by atoms with E-state index in [1.54, 1.807) is 0 Å². The van der Waals surface area contributed by atoms with E-state index in [1.807, 2.05) is 13.0 Å². The molecule has 0 heterocycles. The van der Waals surface area contributed by atoms with Crippen LogP contribution in [-0.2, 0) is 6.54 Å². The van der Waals surface area contributed by atoms with Crippen molar-refractivity contribution in [3.63, 3.8) is 0 Å². The quantitative estimate of drug-likeness (QED) is 0.801. The molecule has 2 rings (SSSR count). The van der Waals surface area contributed by atoms with E-state index < -0.39 is 0 Å². The summed E-state index contributed by atoms with van der Waals surface area (Å²) >= 11 is 9.58. The average Bonchev–Trinajstić information content (AvgIpc) is 2.40. The summed E-state index contributed by atoms with van der Waals surface area (Å²) in [5, 5.41) is 4.34. The van der Waals surface area contributed by atoms with Crippen molar-refractivity contribution >= 4 is 27.5 Å². The molecule has 0 fully saturated rings. The molecule has 0 radical (unpaired) electrons. The summed E-state index contributed by atoms with van der Waals surface area (Å²) in [5.74, 6) is 0. The Labute approximate surface area is 128 Å². The molecule has 0 aliphatic carbocycles. The van der Waals surface area contributed by atoms with Crippen molar-refractivity contribution in [1.82, 2.24) is 5.32 Å². The van der Waals surface area contributed by atoms with Gasteiger partial charge in [-0.25, -0.2) is 0 Å². The lowest BCUT2D eigenvalue weighted by molar-refractivity contribution is 0.574. The van der Waals surface area contributed by atoms with Gasteiger partial charge in [-0.1, -0.05) is 51.8 Å². The SMILES string of the molecule is Cc1ccc(CNC(C)c2ccc(Br)cc2)cc1Cl. The van der Waals surface area contributed by atoms with Crippen LogP contribution in [-0.4, -0.2) is 0 Å². The highest BCUT2D eigenvalue weighted by Gasteiger charge is 2.05. The zero-order chi connectivity index (χ0) is 13.8. The van der Waals surface area contributed by atoms with Crippen LogP contribution in [0.1, 0.15) is 29.7 Å². The second-order valence-electron chi connectivity index (χ2n) is 4.74. The highest BCUT2D eigenvalue weighted by Crippen LogP contribution is 2.19. The predicted octanol–water partition coefficient (Wildman–Crippen LogP) is 5.26. The van der Waals surface area contributed by atoms with Crippen molar-refractivity contribution < 1.29 is 0 Å². The number of benzene rings is 2. The molecule has 2 aromatic rings. The maximum atomic E-state index is 6.13. The third kappa shape index (κ3) is 4.07. The van der Waals surface area contributed by atoms with E-state index >= 15 is 0 Å². The van der Waals surface area contributed by atoms with E-state index in [1.165, 1.54) is 11.1 Å². The second-order valence-corrected chi connectivity index (χ2v) is 6.06. The van der Waals surface area contributed by atoms with Gasteiger partial charge < -0.3 is 5.32 Å². The molecular formula is C16H17BrClN. The van der Waals surface area contributed by atoms with Crippen LogP contribution in [0.2, 0.25) is 5.02 Å². The minimum absolute atomic E-state index is 0.313. The molecule has 2 aromatic carbocycles. The Kier molecular flexibility index (Phi) is 5.03. The molecule has 0 amide bonds. The first kappa shape index (κ1) is 14.6. The summed E-state index contributed by atoms with van der Waals surface area (Å²) in [6.07, 6.45) is 0. The molecule has 0 spiro atoms. The maximum Gasteiger partial charge on any atom is 0.0438 e. The van der Waals surface area contributed by atoms with Crippen molar-refractivity contribution in [3.05, 3.63) is 68.7 Å². The zero-order valence-electron chi connectivity index (χ0n) is 11.1. The molecule has 1 atom stereocenters. The van der Waals surface area contributed by atoms with Gasteiger partial charge in [-0.05, 0) is 48.7 Å². The van der Waals surface area contributed by atoms with Crippen LogP contribution in [0.25, 0.3) is 0 Å². The van der Waals surface area contributed by atoms with Crippen LogP contribution < -0.4 is 5.32 Å². The van der Waals surface area contributed by atoms with E-state index in [2.05, 4.69) is 64.6 Å². The fourth-order valence-electron chi connectivity index (χ4n) is 1.89. The van der Waals surface area contributed by atoms with Gasteiger partial charge in [0.2, 0.25) is 0 Å². The molecule has 1 unspecified atom stereocenters. The first-order chi connectivity index (χ1) is 9.06. The minimum atomic E-state index is 0.313. The molecule has 0 aliphatic heterocycles. The Hall–Kier alpha value is -0.830. The van der Waals surface area contributed by atoms with Crippen LogP contribution >= 0.6 is 27.5 Å². The number of aryl methyl sites for hydroxylation is 1. The summed E-state index contributed by atoms with van der Waals surface area (Å²) in [7, 11) is 0. The fraction of sp³-hybridized carbons (Fsp3) is 0.250. The Morgan fingerprint density at radius 1 is 1.16 bits per heavy atom. The number of halogens is 2. The number of nitrogens with one attached hydrogen (secondary N) is 1. The van der Waals surface area contributed by atoms with Gasteiger partial charge in [0.1, 0.15) is 0 Å². The Bertz CT molecular complexity index is 551. The van der Waals surface area contributed by atoms with Gasteiger partial charge in [-0.3, -0.25) is 0 Å². The highest BCUT2D eigenvalue weighted by atomic mass is 79.9. The normalized spacial score (nSPS) is 12.4. The van der Waals surface area contributed by atoms with E-state index in [0.717, 1.165) is 21.6 Å². The third-order valence-electron chi connectivity index (χ3n) is 3.22. The van der Waals surface area contributed by atoms with Gasteiger partial charge in [0.15, 0.2) is 0 Å². The van der Waals surface area contributed by atoms with E-state index in [0.29, 0.717) is 6.04 Å². The van der Waals surface area contributed by atoms with Gasteiger partial charge >= 0.3 is 0 Å². The maximum absolute atomic E-state index is 6.13. The molecule has 100 valence electrons. The second kappa shape index (κ2) is 6.56. The largest absolute Gasteiger partial charge is 0.306 e. The molecular weight excluding hydrogens is 322 g/mol. The molecule has 1 nitrogen and oxygen atoms in total.